The van der Waals surface area contributed by atoms with Crippen LogP contribution in [-0.2, 0) is 6.54 Å². The van der Waals surface area contributed by atoms with Crippen molar-refractivity contribution in [1.82, 2.24) is 14.3 Å². The summed E-state index contributed by atoms with van der Waals surface area (Å²) in [5.41, 5.74) is 2.61. The molecule has 1 aromatic carbocycles. The molecule has 20 heavy (non-hydrogen) atoms. The van der Waals surface area contributed by atoms with Gasteiger partial charge >= 0.3 is 5.69 Å². The fraction of sp³-hybridized carbons (Fsp3) is 0.0833. The molecule has 100 valence electrons. The molecule has 6 nitrogen and oxygen atoms in total. The van der Waals surface area contributed by atoms with Crippen LogP contribution >= 0.6 is 23.1 Å². The number of nitriles is 1. The molecule has 2 aromatic heterocycles. The van der Waals surface area contributed by atoms with Crippen LogP contribution in [0.4, 0.5) is 5.00 Å². The SMILES string of the molecule is N#Cc1c(Cl)nsc1NCc1ccc2[nH]c(=O)[nH]c2c1. The van der Waals surface area contributed by atoms with E-state index in [1.165, 1.54) is 0 Å². The highest BCUT2D eigenvalue weighted by Crippen LogP contribution is 2.27. The van der Waals surface area contributed by atoms with E-state index in [4.69, 9.17) is 16.9 Å². The molecule has 3 aromatic rings. The Balaban J connectivity index is 1.83. The van der Waals surface area contributed by atoms with Crippen molar-refractivity contribution in [2.45, 2.75) is 6.54 Å². The van der Waals surface area contributed by atoms with Crippen molar-refractivity contribution in [3.8, 4) is 6.07 Å². The van der Waals surface area contributed by atoms with Crippen LogP contribution in [0, 0.1) is 11.3 Å². The molecule has 0 saturated carbocycles. The first-order chi connectivity index (χ1) is 9.67. The van der Waals surface area contributed by atoms with Gasteiger partial charge in [0.15, 0.2) is 5.15 Å². The molecule has 0 spiro atoms. The van der Waals surface area contributed by atoms with E-state index < -0.39 is 0 Å². The number of benzene rings is 1. The maximum atomic E-state index is 11.2. The summed E-state index contributed by atoms with van der Waals surface area (Å²) >= 11 is 6.95. The largest absolute Gasteiger partial charge is 0.370 e. The third kappa shape index (κ3) is 2.27. The van der Waals surface area contributed by atoms with Gasteiger partial charge in [0.05, 0.1) is 11.0 Å². The van der Waals surface area contributed by atoms with Gasteiger partial charge in [-0.15, -0.1) is 0 Å². The number of hydrogen-bond acceptors (Lipinski definition) is 5. The lowest BCUT2D eigenvalue weighted by molar-refractivity contribution is 1.16. The van der Waals surface area contributed by atoms with Crippen molar-refractivity contribution in [3.63, 3.8) is 0 Å². The molecule has 0 unspecified atom stereocenters. The van der Waals surface area contributed by atoms with Gasteiger partial charge in [-0.2, -0.15) is 9.64 Å². The summed E-state index contributed by atoms with van der Waals surface area (Å²) in [6.45, 7) is 0.510. The zero-order valence-electron chi connectivity index (χ0n) is 10.0. The summed E-state index contributed by atoms with van der Waals surface area (Å²) in [5.74, 6) is 0. The second-order valence-electron chi connectivity index (χ2n) is 4.10. The fourth-order valence-electron chi connectivity index (χ4n) is 1.86. The molecule has 8 heteroatoms. The second kappa shape index (κ2) is 5.00. The van der Waals surface area contributed by atoms with Crippen molar-refractivity contribution < 1.29 is 0 Å². The zero-order chi connectivity index (χ0) is 14.1. The van der Waals surface area contributed by atoms with E-state index >= 15 is 0 Å². The van der Waals surface area contributed by atoms with E-state index in [2.05, 4.69) is 19.7 Å². The van der Waals surface area contributed by atoms with Crippen LogP contribution in [-0.4, -0.2) is 14.3 Å². The number of rotatable bonds is 3. The van der Waals surface area contributed by atoms with E-state index in [0.29, 0.717) is 17.1 Å². The van der Waals surface area contributed by atoms with E-state index in [1.807, 2.05) is 24.3 Å². The number of halogens is 1. The Morgan fingerprint density at radius 1 is 1.40 bits per heavy atom. The molecule has 3 rings (SSSR count). The summed E-state index contributed by atoms with van der Waals surface area (Å²) in [7, 11) is 0. The molecular weight excluding hydrogens is 298 g/mol. The minimum Gasteiger partial charge on any atom is -0.370 e. The molecule has 0 aliphatic rings. The van der Waals surface area contributed by atoms with Crippen LogP contribution in [0.2, 0.25) is 5.15 Å². The number of nitrogens with one attached hydrogen (secondary N) is 3. The maximum absolute atomic E-state index is 11.2. The zero-order valence-corrected chi connectivity index (χ0v) is 11.6. The third-order valence-corrected chi connectivity index (χ3v) is 3.97. The number of hydrogen-bond donors (Lipinski definition) is 3. The van der Waals surface area contributed by atoms with Crippen molar-refractivity contribution in [2.24, 2.45) is 0 Å². The van der Waals surface area contributed by atoms with E-state index in [9.17, 15) is 4.79 Å². The molecule has 0 bridgehead atoms. The Morgan fingerprint density at radius 3 is 3.00 bits per heavy atom. The summed E-state index contributed by atoms with van der Waals surface area (Å²) in [6, 6.07) is 7.61. The molecule has 0 radical (unpaired) electrons. The highest BCUT2D eigenvalue weighted by molar-refractivity contribution is 7.10. The van der Waals surface area contributed by atoms with Crippen molar-refractivity contribution in [2.75, 3.05) is 5.32 Å². The number of imidazole rings is 1. The smallest absolute Gasteiger partial charge is 0.323 e. The minimum atomic E-state index is -0.230. The Labute approximate surface area is 122 Å². The first-order valence-corrected chi connectivity index (χ1v) is 6.82. The number of nitrogens with zero attached hydrogens (tertiary/aromatic N) is 2. The highest BCUT2D eigenvalue weighted by Gasteiger charge is 2.11. The van der Waals surface area contributed by atoms with Crippen LogP contribution < -0.4 is 11.0 Å². The number of aromatic nitrogens is 3. The molecule has 0 saturated heterocycles. The standard InChI is InChI=1S/C12H8ClN5OS/c13-10-7(4-14)11(20-18-10)15-5-6-1-2-8-9(3-6)17-12(19)16-8/h1-3,15H,5H2,(H2,16,17,19). The molecule has 0 atom stereocenters. The Kier molecular flexibility index (Phi) is 3.18. The lowest BCUT2D eigenvalue weighted by Gasteiger charge is -2.04. The molecule has 0 amide bonds. The Bertz CT molecular complexity index is 872. The molecule has 2 heterocycles. The maximum Gasteiger partial charge on any atom is 0.323 e. The van der Waals surface area contributed by atoms with Crippen LogP contribution in [0.5, 0.6) is 0 Å². The lowest BCUT2D eigenvalue weighted by Crippen LogP contribution is -1.99. The minimum absolute atomic E-state index is 0.213. The first-order valence-electron chi connectivity index (χ1n) is 5.67. The molecule has 0 aliphatic heterocycles. The Morgan fingerprint density at radius 2 is 2.20 bits per heavy atom. The van der Waals surface area contributed by atoms with Gasteiger partial charge in [-0.05, 0) is 29.2 Å². The van der Waals surface area contributed by atoms with Crippen molar-refractivity contribution in [1.29, 1.82) is 5.26 Å². The lowest BCUT2D eigenvalue weighted by atomic mass is 10.2. The molecular formula is C12H8ClN5OS. The summed E-state index contributed by atoms with van der Waals surface area (Å²) in [5, 5.41) is 12.9. The summed E-state index contributed by atoms with van der Waals surface area (Å²) in [6.07, 6.45) is 0. The number of aromatic amines is 2. The van der Waals surface area contributed by atoms with Crippen LogP contribution in [0.3, 0.4) is 0 Å². The quantitative estimate of drug-likeness (QED) is 0.692. The topological polar surface area (TPSA) is 97.4 Å². The fourth-order valence-corrected chi connectivity index (χ4v) is 2.79. The number of fused-ring (bicyclic) bond motifs is 1. The number of anilines is 1. The highest BCUT2D eigenvalue weighted by atomic mass is 35.5. The van der Waals surface area contributed by atoms with Crippen LogP contribution in [0.25, 0.3) is 11.0 Å². The third-order valence-electron chi connectivity index (χ3n) is 2.80. The van der Waals surface area contributed by atoms with E-state index in [-0.39, 0.29) is 10.8 Å². The normalized spacial score (nSPS) is 10.6. The van der Waals surface area contributed by atoms with Gasteiger partial charge in [0.1, 0.15) is 16.6 Å². The molecule has 0 fully saturated rings. The van der Waals surface area contributed by atoms with Crippen molar-refractivity contribution >= 4 is 39.2 Å². The number of H-pyrrole nitrogens is 2. The van der Waals surface area contributed by atoms with Crippen LogP contribution in [0.1, 0.15) is 11.1 Å². The average molecular weight is 306 g/mol. The monoisotopic (exact) mass is 305 g/mol. The van der Waals surface area contributed by atoms with Gasteiger partial charge in [0, 0.05) is 6.54 Å². The summed E-state index contributed by atoms with van der Waals surface area (Å²) < 4.78 is 3.92. The molecule has 3 N–H and O–H groups in total. The Hall–Kier alpha value is -2.30. The van der Waals surface area contributed by atoms with Gasteiger partial charge in [0.2, 0.25) is 0 Å². The van der Waals surface area contributed by atoms with E-state index in [0.717, 1.165) is 28.1 Å². The van der Waals surface area contributed by atoms with Crippen molar-refractivity contribution in [3.05, 3.63) is 45.0 Å². The van der Waals surface area contributed by atoms with Gasteiger partial charge in [-0.25, -0.2) is 4.79 Å². The van der Waals surface area contributed by atoms with Crippen LogP contribution in [0.15, 0.2) is 23.0 Å². The first kappa shape index (κ1) is 12.7. The van der Waals surface area contributed by atoms with Gasteiger partial charge in [0.25, 0.3) is 0 Å². The van der Waals surface area contributed by atoms with E-state index in [1.54, 1.807) is 0 Å². The van der Waals surface area contributed by atoms with Gasteiger partial charge in [-0.1, -0.05) is 17.7 Å². The second-order valence-corrected chi connectivity index (χ2v) is 5.23. The van der Waals surface area contributed by atoms with Gasteiger partial charge in [-0.3, -0.25) is 0 Å². The molecule has 0 aliphatic carbocycles. The predicted molar refractivity (Wildman–Crippen MR) is 78.1 cm³/mol. The summed E-state index contributed by atoms with van der Waals surface area (Å²) in [4.78, 5) is 16.6. The van der Waals surface area contributed by atoms with Gasteiger partial charge < -0.3 is 15.3 Å². The average Bonchev–Trinajstić information content (AvgIpc) is 2.97. The predicted octanol–water partition coefficient (Wildman–Crippen LogP) is 2.45.